The average molecular weight is 304 g/mol. The Bertz CT molecular complexity index is 589. The summed E-state index contributed by atoms with van der Waals surface area (Å²) in [6.45, 7) is 3.48. The monoisotopic (exact) mass is 304 g/mol. The third-order valence-electron chi connectivity index (χ3n) is 2.86. The normalized spacial score (nSPS) is 13.0. The number of amides is 1. The van der Waals surface area contributed by atoms with Gasteiger partial charge in [-0.05, 0) is 12.5 Å². The lowest BCUT2D eigenvalue weighted by atomic mass is 10.0. The summed E-state index contributed by atoms with van der Waals surface area (Å²) in [6, 6.07) is 1.07. The highest BCUT2D eigenvalue weighted by molar-refractivity contribution is 7.85. The van der Waals surface area contributed by atoms with Gasteiger partial charge in [-0.1, -0.05) is 13.8 Å². The van der Waals surface area contributed by atoms with Gasteiger partial charge in [-0.15, -0.1) is 0 Å². The van der Waals surface area contributed by atoms with E-state index in [1.807, 2.05) is 13.8 Å². The first-order valence-electron chi connectivity index (χ1n) is 6.13. The van der Waals surface area contributed by atoms with Crippen molar-refractivity contribution in [3.63, 3.8) is 0 Å². The zero-order valence-corrected chi connectivity index (χ0v) is 12.1. The van der Waals surface area contributed by atoms with Crippen molar-refractivity contribution in [2.75, 3.05) is 12.3 Å². The Morgan fingerprint density at radius 2 is 2.20 bits per heavy atom. The van der Waals surface area contributed by atoms with Gasteiger partial charge in [0.2, 0.25) is 0 Å². The molecule has 8 heteroatoms. The van der Waals surface area contributed by atoms with Crippen LogP contribution in [0.15, 0.2) is 12.3 Å². The zero-order valence-electron chi connectivity index (χ0n) is 11.3. The Labute approximate surface area is 117 Å². The largest absolute Gasteiger partial charge is 0.351 e. The number of carbonyl (C=O) groups excluding carboxylic acids is 1. The Morgan fingerprint density at radius 3 is 2.70 bits per heavy atom. The fourth-order valence-corrected chi connectivity index (χ4v) is 1.88. The summed E-state index contributed by atoms with van der Waals surface area (Å²) in [5, 5.41) is 2.26. The molecule has 0 saturated carbocycles. The highest BCUT2D eigenvalue weighted by Crippen LogP contribution is 2.19. The Morgan fingerprint density at radius 1 is 1.55 bits per heavy atom. The van der Waals surface area contributed by atoms with Crippen molar-refractivity contribution in [1.29, 1.82) is 0 Å². The highest BCUT2D eigenvalue weighted by Gasteiger charge is 2.15. The van der Waals surface area contributed by atoms with E-state index in [9.17, 15) is 17.6 Å². The maximum Gasteiger partial charge on any atom is 0.266 e. The molecule has 0 aliphatic heterocycles. The van der Waals surface area contributed by atoms with Crippen molar-refractivity contribution in [3.05, 3.63) is 29.3 Å². The van der Waals surface area contributed by atoms with E-state index in [2.05, 4.69) is 10.3 Å². The molecule has 0 aliphatic rings. The summed E-state index contributed by atoms with van der Waals surface area (Å²) >= 11 is 0. The van der Waals surface area contributed by atoms with Crippen LogP contribution in [0.5, 0.6) is 0 Å². The van der Waals surface area contributed by atoms with Crippen molar-refractivity contribution in [2.45, 2.75) is 26.2 Å². The van der Waals surface area contributed by atoms with E-state index >= 15 is 0 Å². The first kappa shape index (κ1) is 16.5. The SMILES string of the molecule is CCC(C)c1ncc(C(=O)NCCS(=O)(=O)O)cc1F. The van der Waals surface area contributed by atoms with Crippen LogP contribution in [0.1, 0.15) is 42.2 Å². The molecule has 0 bridgehead atoms. The van der Waals surface area contributed by atoms with Crippen LogP contribution in [-0.2, 0) is 10.1 Å². The number of hydrogen-bond donors (Lipinski definition) is 2. The smallest absolute Gasteiger partial charge is 0.266 e. The van der Waals surface area contributed by atoms with Crippen molar-refractivity contribution < 1.29 is 22.2 Å². The fraction of sp³-hybridized carbons (Fsp3) is 0.500. The van der Waals surface area contributed by atoms with E-state index in [4.69, 9.17) is 4.55 Å². The molecule has 1 aromatic rings. The predicted octanol–water partition coefficient (Wildman–Crippen LogP) is 1.35. The number of pyridine rings is 1. The Hall–Kier alpha value is -1.54. The molecule has 0 aromatic carbocycles. The molecule has 1 aromatic heterocycles. The summed E-state index contributed by atoms with van der Waals surface area (Å²) in [5.41, 5.74) is 0.298. The minimum absolute atomic E-state index is 0.00453. The molecule has 112 valence electrons. The molecule has 2 N–H and O–H groups in total. The van der Waals surface area contributed by atoms with Gasteiger partial charge in [-0.25, -0.2) is 4.39 Å². The van der Waals surface area contributed by atoms with E-state index in [1.54, 1.807) is 0 Å². The minimum Gasteiger partial charge on any atom is -0.351 e. The third kappa shape index (κ3) is 4.86. The number of hydrogen-bond acceptors (Lipinski definition) is 4. The molecule has 1 atom stereocenters. The topological polar surface area (TPSA) is 96.4 Å². The summed E-state index contributed by atoms with van der Waals surface area (Å²) in [5.74, 6) is -1.86. The molecule has 1 heterocycles. The number of nitrogens with zero attached hydrogens (tertiary/aromatic N) is 1. The van der Waals surface area contributed by atoms with Crippen LogP contribution in [-0.4, -0.2) is 36.2 Å². The molecular formula is C12H17FN2O4S. The molecule has 1 amide bonds. The van der Waals surface area contributed by atoms with E-state index in [0.29, 0.717) is 5.69 Å². The second-order valence-corrected chi connectivity index (χ2v) is 6.01. The molecule has 6 nitrogen and oxygen atoms in total. The first-order valence-corrected chi connectivity index (χ1v) is 7.74. The van der Waals surface area contributed by atoms with Gasteiger partial charge in [0.15, 0.2) is 0 Å². The van der Waals surface area contributed by atoms with Gasteiger partial charge in [0, 0.05) is 18.7 Å². The maximum atomic E-state index is 13.8. The second kappa shape index (κ2) is 6.76. The van der Waals surface area contributed by atoms with Crippen LogP contribution in [0.3, 0.4) is 0 Å². The van der Waals surface area contributed by atoms with Crippen molar-refractivity contribution in [2.24, 2.45) is 0 Å². The molecule has 1 unspecified atom stereocenters. The van der Waals surface area contributed by atoms with Gasteiger partial charge in [0.05, 0.1) is 17.0 Å². The van der Waals surface area contributed by atoms with Crippen molar-refractivity contribution >= 4 is 16.0 Å². The first-order chi connectivity index (χ1) is 9.24. The Balaban J connectivity index is 2.73. The summed E-state index contributed by atoms with van der Waals surface area (Å²) in [4.78, 5) is 15.6. The lowest BCUT2D eigenvalue weighted by molar-refractivity contribution is 0.0955. The zero-order chi connectivity index (χ0) is 15.3. The van der Waals surface area contributed by atoms with E-state index in [0.717, 1.165) is 12.5 Å². The predicted molar refractivity (Wildman–Crippen MR) is 71.6 cm³/mol. The van der Waals surface area contributed by atoms with Crippen molar-refractivity contribution in [1.82, 2.24) is 10.3 Å². The van der Waals surface area contributed by atoms with E-state index in [-0.39, 0.29) is 18.0 Å². The van der Waals surface area contributed by atoms with E-state index in [1.165, 1.54) is 6.20 Å². The third-order valence-corrected chi connectivity index (χ3v) is 3.58. The highest BCUT2D eigenvalue weighted by atomic mass is 32.2. The van der Waals surface area contributed by atoms with Gasteiger partial charge in [0.25, 0.3) is 16.0 Å². The summed E-state index contributed by atoms with van der Waals surface area (Å²) < 4.78 is 43.3. The lowest BCUT2D eigenvalue weighted by Gasteiger charge is -2.10. The van der Waals surface area contributed by atoms with Crippen LogP contribution in [0.4, 0.5) is 4.39 Å². The van der Waals surface area contributed by atoms with Gasteiger partial charge in [-0.2, -0.15) is 8.42 Å². The lowest BCUT2D eigenvalue weighted by Crippen LogP contribution is -2.29. The summed E-state index contributed by atoms with van der Waals surface area (Å²) in [6.07, 6.45) is 1.97. The van der Waals surface area contributed by atoms with E-state index < -0.39 is 27.6 Å². The van der Waals surface area contributed by atoms with Crippen LogP contribution < -0.4 is 5.32 Å². The number of rotatable bonds is 6. The van der Waals surface area contributed by atoms with Crippen molar-refractivity contribution in [3.8, 4) is 0 Å². The quantitative estimate of drug-likeness (QED) is 0.773. The molecule has 1 rings (SSSR count). The van der Waals surface area contributed by atoms with Gasteiger partial charge >= 0.3 is 0 Å². The number of carbonyl (C=O) groups is 1. The second-order valence-electron chi connectivity index (χ2n) is 4.44. The molecule has 20 heavy (non-hydrogen) atoms. The summed E-state index contributed by atoms with van der Waals surface area (Å²) in [7, 11) is -4.14. The van der Waals surface area contributed by atoms with Gasteiger partial charge in [-0.3, -0.25) is 14.3 Å². The molecular weight excluding hydrogens is 287 g/mol. The molecule has 0 fully saturated rings. The minimum atomic E-state index is -4.14. The molecule has 0 aliphatic carbocycles. The standard InChI is InChI=1S/C12H17FN2O4S/c1-3-8(2)11-10(13)6-9(7-15-11)12(16)14-4-5-20(17,18)19/h6-8H,3-5H2,1-2H3,(H,14,16)(H,17,18,19). The molecule has 0 saturated heterocycles. The van der Waals surface area contributed by atoms with Crippen LogP contribution in [0.25, 0.3) is 0 Å². The fourth-order valence-electron chi connectivity index (χ4n) is 1.52. The Kier molecular flexibility index (Phi) is 5.58. The molecule has 0 spiro atoms. The van der Waals surface area contributed by atoms with Gasteiger partial charge < -0.3 is 5.32 Å². The number of halogens is 1. The average Bonchev–Trinajstić information content (AvgIpc) is 2.36. The van der Waals surface area contributed by atoms with Crippen LogP contribution in [0.2, 0.25) is 0 Å². The van der Waals surface area contributed by atoms with Crippen LogP contribution in [0, 0.1) is 5.82 Å². The molecule has 0 radical (unpaired) electrons. The number of nitrogens with one attached hydrogen (secondary N) is 1. The number of aromatic nitrogens is 1. The van der Waals surface area contributed by atoms with Gasteiger partial charge in [0.1, 0.15) is 5.82 Å². The van der Waals surface area contributed by atoms with Crippen LogP contribution >= 0.6 is 0 Å². The maximum absolute atomic E-state index is 13.8.